The zero-order chi connectivity index (χ0) is 14.6. The van der Waals surface area contributed by atoms with Gasteiger partial charge < -0.3 is 15.4 Å². The van der Waals surface area contributed by atoms with E-state index >= 15 is 0 Å². The van der Waals surface area contributed by atoms with Gasteiger partial charge in [-0.1, -0.05) is 18.2 Å². The normalized spacial score (nSPS) is 21.0. The number of likely N-dealkylation sites (N-methyl/N-ethyl adjacent to an activating group) is 1. The third kappa shape index (κ3) is 3.77. The molecule has 1 fully saturated rings. The third-order valence-corrected chi connectivity index (χ3v) is 4.85. The highest BCUT2D eigenvalue weighted by atomic mass is 32.2. The molecule has 1 atom stereocenters. The Labute approximate surface area is 120 Å². The quantitative estimate of drug-likeness (QED) is 0.783. The Morgan fingerprint density at radius 1 is 1.45 bits per heavy atom. The van der Waals surface area contributed by atoms with Crippen molar-refractivity contribution < 1.29 is 13.2 Å². The minimum atomic E-state index is -3.55. The first kappa shape index (κ1) is 15.4. The van der Waals surface area contributed by atoms with Crippen molar-refractivity contribution in [2.75, 3.05) is 33.3 Å². The second-order valence-electron chi connectivity index (χ2n) is 4.92. The largest absolute Gasteiger partial charge is 0.374 e. The number of benzene rings is 1. The molecule has 3 N–H and O–H groups in total. The molecule has 112 valence electrons. The van der Waals surface area contributed by atoms with E-state index in [9.17, 15) is 8.42 Å². The maximum absolute atomic E-state index is 12.3. The van der Waals surface area contributed by atoms with E-state index in [1.165, 1.54) is 0 Å². The van der Waals surface area contributed by atoms with Crippen molar-refractivity contribution in [3.63, 3.8) is 0 Å². The highest BCUT2D eigenvalue weighted by Gasteiger charge is 2.22. The molecule has 0 saturated carbocycles. The van der Waals surface area contributed by atoms with Gasteiger partial charge in [0.25, 0.3) is 0 Å². The summed E-state index contributed by atoms with van der Waals surface area (Å²) in [5, 5.41) is 0. The monoisotopic (exact) mass is 299 g/mol. The molecule has 0 amide bonds. The summed E-state index contributed by atoms with van der Waals surface area (Å²) in [6, 6.07) is 6.76. The standard InChI is InChI=1S/C13H21N3O3S/c1-16-6-7-19-12(10-16)9-15-20(17,18)13-5-3-2-4-11(13)8-14/h2-5,12,15H,6-10,14H2,1H3. The topological polar surface area (TPSA) is 84.7 Å². The molecule has 0 radical (unpaired) electrons. The number of morpholine rings is 1. The van der Waals surface area contributed by atoms with Gasteiger partial charge in [-0.15, -0.1) is 0 Å². The first-order chi connectivity index (χ1) is 9.53. The first-order valence-corrected chi connectivity index (χ1v) is 8.09. The summed E-state index contributed by atoms with van der Waals surface area (Å²) in [5.74, 6) is 0. The van der Waals surface area contributed by atoms with Crippen molar-refractivity contribution >= 4 is 10.0 Å². The molecule has 0 spiro atoms. The van der Waals surface area contributed by atoms with Gasteiger partial charge in [0, 0.05) is 26.2 Å². The zero-order valence-electron chi connectivity index (χ0n) is 11.6. The number of ether oxygens (including phenoxy) is 1. The molecule has 0 aromatic heterocycles. The fraction of sp³-hybridized carbons (Fsp3) is 0.538. The number of hydrogen-bond acceptors (Lipinski definition) is 5. The summed E-state index contributed by atoms with van der Waals surface area (Å²) in [6.45, 7) is 2.69. The SMILES string of the molecule is CN1CCOC(CNS(=O)(=O)c2ccccc2CN)C1. The predicted molar refractivity (Wildman–Crippen MR) is 76.8 cm³/mol. The van der Waals surface area contributed by atoms with Gasteiger partial charge in [-0.25, -0.2) is 13.1 Å². The number of nitrogens with zero attached hydrogens (tertiary/aromatic N) is 1. The third-order valence-electron chi connectivity index (χ3n) is 3.32. The molecular weight excluding hydrogens is 278 g/mol. The Bertz CT molecular complexity index is 548. The Balaban J connectivity index is 2.04. The summed E-state index contributed by atoms with van der Waals surface area (Å²) in [4.78, 5) is 2.36. The molecule has 0 aliphatic carbocycles. The van der Waals surface area contributed by atoms with Crippen molar-refractivity contribution in [1.29, 1.82) is 0 Å². The molecule has 6 nitrogen and oxygen atoms in total. The molecule has 1 heterocycles. The average molecular weight is 299 g/mol. The fourth-order valence-corrected chi connectivity index (χ4v) is 3.52. The Morgan fingerprint density at radius 3 is 2.90 bits per heavy atom. The molecule has 0 bridgehead atoms. The van der Waals surface area contributed by atoms with E-state index in [0.717, 1.165) is 13.1 Å². The van der Waals surface area contributed by atoms with Crippen LogP contribution in [0.3, 0.4) is 0 Å². The van der Waals surface area contributed by atoms with Crippen LogP contribution in [-0.4, -0.2) is 52.7 Å². The van der Waals surface area contributed by atoms with Crippen molar-refractivity contribution in [2.45, 2.75) is 17.5 Å². The van der Waals surface area contributed by atoms with Crippen LogP contribution in [0, 0.1) is 0 Å². The van der Waals surface area contributed by atoms with E-state index in [1.807, 2.05) is 7.05 Å². The number of sulfonamides is 1. The fourth-order valence-electron chi connectivity index (χ4n) is 2.21. The van der Waals surface area contributed by atoms with Crippen LogP contribution in [0.2, 0.25) is 0 Å². The van der Waals surface area contributed by atoms with Gasteiger partial charge in [-0.3, -0.25) is 0 Å². The molecule has 1 aromatic carbocycles. The number of rotatable bonds is 5. The maximum atomic E-state index is 12.3. The van der Waals surface area contributed by atoms with E-state index in [1.54, 1.807) is 24.3 Å². The zero-order valence-corrected chi connectivity index (χ0v) is 12.4. The predicted octanol–water partition coefficient (Wildman–Crippen LogP) is -0.246. The van der Waals surface area contributed by atoms with E-state index in [4.69, 9.17) is 10.5 Å². The van der Waals surface area contributed by atoms with E-state index in [2.05, 4.69) is 9.62 Å². The van der Waals surface area contributed by atoms with Crippen LogP contribution in [0.1, 0.15) is 5.56 Å². The van der Waals surface area contributed by atoms with E-state index < -0.39 is 10.0 Å². The summed E-state index contributed by atoms with van der Waals surface area (Å²) in [6.07, 6.45) is -0.117. The lowest BCUT2D eigenvalue weighted by Crippen LogP contribution is -2.45. The van der Waals surface area contributed by atoms with Crippen LogP contribution in [0.4, 0.5) is 0 Å². The summed E-state index contributed by atoms with van der Waals surface area (Å²) in [7, 11) is -1.55. The van der Waals surface area contributed by atoms with E-state index in [-0.39, 0.29) is 24.1 Å². The molecule has 1 aliphatic heterocycles. The van der Waals surface area contributed by atoms with Gasteiger partial charge in [0.1, 0.15) is 0 Å². The Hall–Kier alpha value is -0.990. The van der Waals surface area contributed by atoms with Crippen molar-refractivity contribution in [3.8, 4) is 0 Å². The molecular formula is C13H21N3O3S. The van der Waals surface area contributed by atoms with Crippen LogP contribution in [0.15, 0.2) is 29.2 Å². The van der Waals surface area contributed by atoms with Crippen LogP contribution in [0.25, 0.3) is 0 Å². The second kappa shape index (κ2) is 6.64. The molecule has 1 aromatic rings. The van der Waals surface area contributed by atoms with Gasteiger partial charge in [0.15, 0.2) is 0 Å². The summed E-state index contributed by atoms with van der Waals surface area (Å²) in [5.41, 5.74) is 6.19. The Morgan fingerprint density at radius 2 is 2.20 bits per heavy atom. The minimum Gasteiger partial charge on any atom is -0.374 e. The van der Waals surface area contributed by atoms with Crippen molar-refractivity contribution in [2.24, 2.45) is 5.73 Å². The average Bonchev–Trinajstić information content (AvgIpc) is 2.45. The second-order valence-corrected chi connectivity index (χ2v) is 6.65. The van der Waals surface area contributed by atoms with Gasteiger partial charge in [0.2, 0.25) is 10.0 Å². The van der Waals surface area contributed by atoms with Gasteiger partial charge in [0.05, 0.1) is 17.6 Å². The number of nitrogens with two attached hydrogens (primary N) is 1. The molecule has 1 aliphatic rings. The van der Waals surface area contributed by atoms with Crippen LogP contribution in [0.5, 0.6) is 0 Å². The maximum Gasteiger partial charge on any atom is 0.240 e. The van der Waals surface area contributed by atoms with Gasteiger partial charge in [-0.2, -0.15) is 0 Å². The highest BCUT2D eigenvalue weighted by Crippen LogP contribution is 2.14. The highest BCUT2D eigenvalue weighted by molar-refractivity contribution is 7.89. The molecule has 2 rings (SSSR count). The molecule has 7 heteroatoms. The smallest absolute Gasteiger partial charge is 0.240 e. The lowest BCUT2D eigenvalue weighted by atomic mass is 10.2. The van der Waals surface area contributed by atoms with Crippen LogP contribution >= 0.6 is 0 Å². The molecule has 1 unspecified atom stereocenters. The lowest BCUT2D eigenvalue weighted by Gasteiger charge is -2.30. The van der Waals surface area contributed by atoms with Crippen molar-refractivity contribution in [1.82, 2.24) is 9.62 Å². The minimum absolute atomic E-state index is 0.117. The molecule has 1 saturated heterocycles. The summed E-state index contributed by atoms with van der Waals surface area (Å²) < 4.78 is 32.7. The lowest BCUT2D eigenvalue weighted by molar-refractivity contribution is -0.0156. The first-order valence-electron chi connectivity index (χ1n) is 6.60. The van der Waals surface area contributed by atoms with Crippen LogP contribution < -0.4 is 10.5 Å². The van der Waals surface area contributed by atoms with E-state index in [0.29, 0.717) is 12.2 Å². The van der Waals surface area contributed by atoms with Crippen LogP contribution in [-0.2, 0) is 21.3 Å². The number of hydrogen-bond donors (Lipinski definition) is 2. The summed E-state index contributed by atoms with van der Waals surface area (Å²) >= 11 is 0. The van der Waals surface area contributed by atoms with Gasteiger partial charge >= 0.3 is 0 Å². The Kier molecular flexibility index (Phi) is 5.11. The number of nitrogens with one attached hydrogen (secondary N) is 1. The van der Waals surface area contributed by atoms with Gasteiger partial charge in [-0.05, 0) is 18.7 Å². The van der Waals surface area contributed by atoms with Crippen molar-refractivity contribution in [3.05, 3.63) is 29.8 Å². The molecule has 20 heavy (non-hydrogen) atoms.